The topological polar surface area (TPSA) is 64.8 Å². The summed E-state index contributed by atoms with van der Waals surface area (Å²) < 4.78 is 15.6. The van der Waals surface area contributed by atoms with Crippen LogP contribution in [-0.2, 0) is 11.2 Å². The van der Waals surface area contributed by atoms with Crippen LogP contribution in [0.2, 0.25) is 0 Å². The van der Waals surface area contributed by atoms with Crippen molar-refractivity contribution >= 4 is 5.91 Å². The van der Waals surface area contributed by atoms with Crippen LogP contribution >= 0.6 is 0 Å². The van der Waals surface area contributed by atoms with Crippen LogP contribution in [0.5, 0.6) is 5.75 Å². The van der Waals surface area contributed by atoms with Crippen LogP contribution in [0.15, 0.2) is 41.2 Å². The summed E-state index contributed by atoms with van der Waals surface area (Å²) in [5.41, 5.74) is 1.70. The fourth-order valence-corrected chi connectivity index (χ4v) is 3.26. The number of methoxy groups -OCH3 is 2. The van der Waals surface area contributed by atoms with Crippen molar-refractivity contribution in [2.24, 2.45) is 5.92 Å². The maximum atomic E-state index is 12.5. The molecule has 1 fully saturated rings. The molecule has 1 saturated heterocycles. The predicted octanol–water partition coefficient (Wildman–Crippen LogP) is 2.40. The Balaban J connectivity index is 1.69. The first-order valence-electron chi connectivity index (χ1n) is 8.05. The van der Waals surface area contributed by atoms with Gasteiger partial charge >= 0.3 is 0 Å². The standard InChI is InChI=1S/C18H22N2O4/c1-22-16-5-3-13(4-6-16)9-14-11-20(8-7-17(14)23-2)18(21)15-10-19-24-12-15/h3-6,10,12,14,17H,7-9,11H2,1-2H3/t14-,17-/m1/s1. The number of likely N-dealkylation sites (tertiary alicyclic amines) is 1. The molecule has 2 aromatic rings. The minimum atomic E-state index is -0.0365. The average molecular weight is 330 g/mol. The van der Waals surface area contributed by atoms with Gasteiger partial charge in [0.1, 0.15) is 12.0 Å². The van der Waals surface area contributed by atoms with Gasteiger partial charge in [0.25, 0.3) is 5.91 Å². The summed E-state index contributed by atoms with van der Waals surface area (Å²) in [5, 5.41) is 3.61. The lowest BCUT2D eigenvalue weighted by atomic mass is 9.88. The van der Waals surface area contributed by atoms with Crippen LogP contribution in [0.1, 0.15) is 22.3 Å². The van der Waals surface area contributed by atoms with E-state index in [4.69, 9.17) is 14.0 Å². The first-order chi connectivity index (χ1) is 11.7. The maximum Gasteiger partial charge on any atom is 0.258 e. The average Bonchev–Trinajstić information content (AvgIpc) is 3.16. The zero-order chi connectivity index (χ0) is 16.9. The second-order valence-corrected chi connectivity index (χ2v) is 6.04. The van der Waals surface area contributed by atoms with E-state index in [1.54, 1.807) is 14.2 Å². The lowest BCUT2D eigenvalue weighted by Gasteiger charge is -2.37. The van der Waals surface area contributed by atoms with Crippen LogP contribution in [-0.4, -0.2) is 49.4 Å². The SMILES string of the molecule is COc1ccc(C[C@@H]2CN(C(=O)c3cnoc3)CC[C@H]2OC)cc1. The monoisotopic (exact) mass is 330 g/mol. The normalized spacial score (nSPS) is 20.8. The molecule has 0 radical (unpaired) electrons. The zero-order valence-corrected chi connectivity index (χ0v) is 14.0. The van der Waals surface area contributed by atoms with E-state index in [1.165, 1.54) is 18.0 Å². The lowest BCUT2D eigenvalue weighted by Crippen LogP contribution is -2.47. The highest BCUT2D eigenvalue weighted by Gasteiger charge is 2.32. The van der Waals surface area contributed by atoms with Gasteiger partial charge in [-0.25, -0.2) is 0 Å². The molecule has 128 valence electrons. The number of carbonyl (C=O) groups excluding carboxylic acids is 1. The van der Waals surface area contributed by atoms with Gasteiger partial charge in [0, 0.05) is 26.1 Å². The van der Waals surface area contributed by atoms with Crippen molar-refractivity contribution in [3.8, 4) is 5.75 Å². The quantitative estimate of drug-likeness (QED) is 0.842. The van der Waals surface area contributed by atoms with E-state index < -0.39 is 0 Å². The molecular weight excluding hydrogens is 308 g/mol. The third-order valence-corrected chi connectivity index (χ3v) is 4.59. The molecule has 2 atom stereocenters. The number of ether oxygens (including phenoxy) is 2. The Labute approximate surface area is 141 Å². The van der Waals surface area contributed by atoms with E-state index >= 15 is 0 Å². The van der Waals surface area contributed by atoms with Gasteiger partial charge in [-0.3, -0.25) is 4.79 Å². The summed E-state index contributed by atoms with van der Waals surface area (Å²) >= 11 is 0. The summed E-state index contributed by atoms with van der Waals surface area (Å²) in [6, 6.07) is 8.04. The third-order valence-electron chi connectivity index (χ3n) is 4.59. The first kappa shape index (κ1) is 16.5. The number of piperidine rings is 1. The van der Waals surface area contributed by atoms with E-state index in [1.807, 2.05) is 17.0 Å². The van der Waals surface area contributed by atoms with E-state index in [0.717, 1.165) is 18.6 Å². The minimum absolute atomic E-state index is 0.0365. The fourth-order valence-electron chi connectivity index (χ4n) is 3.26. The lowest BCUT2D eigenvalue weighted by molar-refractivity contribution is -0.00301. The number of rotatable bonds is 5. The molecule has 6 nitrogen and oxygen atoms in total. The number of benzene rings is 1. The van der Waals surface area contributed by atoms with Crippen LogP contribution in [0.4, 0.5) is 0 Å². The van der Waals surface area contributed by atoms with Gasteiger partial charge in [-0.1, -0.05) is 17.3 Å². The van der Waals surface area contributed by atoms with Gasteiger partial charge in [-0.15, -0.1) is 0 Å². The molecule has 1 aromatic heterocycles. The van der Waals surface area contributed by atoms with Crippen molar-refractivity contribution in [2.75, 3.05) is 27.3 Å². The predicted molar refractivity (Wildman–Crippen MR) is 88.0 cm³/mol. The van der Waals surface area contributed by atoms with Gasteiger partial charge in [0.15, 0.2) is 0 Å². The van der Waals surface area contributed by atoms with Crippen molar-refractivity contribution in [2.45, 2.75) is 18.9 Å². The molecule has 1 aromatic carbocycles. The molecule has 0 unspecified atom stereocenters. The summed E-state index contributed by atoms with van der Waals surface area (Å²) in [6.07, 6.45) is 4.69. The van der Waals surface area contributed by atoms with Gasteiger partial charge in [-0.2, -0.15) is 0 Å². The number of aromatic nitrogens is 1. The van der Waals surface area contributed by atoms with Crippen LogP contribution in [0.3, 0.4) is 0 Å². The molecule has 0 N–H and O–H groups in total. The molecule has 0 aliphatic carbocycles. The Morgan fingerprint density at radius 3 is 2.75 bits per heavy atom. The van der Waals surface area contributed by atoms with Gasteiger partial charge < -0.3 is 18.9 Å². The molecule has 0 spiro atoms. The molecule has 3 rings (SSSR count). The van der Waals surface area contributed by atoms with Crippen molar-refractivity contribution < 1.29 is 18.8 Å². The summed E-state index contributed by atoms with van der Waals surface area (Å²) in [4.78, 5) is 14.4. The molecule has 1 aliphatic heterocycles. The van der Waals surface area contributed by atoms with Gasteiger partial charge in [0.2, 0.25) is 0 Å². The fraction of sp³-hybridized carbons (Fsp3) is 0.444. The van der Waals surface area contributed by atoms with Crippen molar-refractivity contribution in [3.63, 3.8) is 0 Å². The Hall–Kier alpha value is -2.34. The van der Waals surface area contributed by atoms with Crippen LogP contribution in [0.25, 0.3) is 0 Å². The van der Waals surface area contributed by atoms with Crippen molar-refractivity contribution in [1.29, 1.82) is 0 Å². The highest BCUT2D eigenvalue weighted by Crippen LogP contribution is 2.25. The number of amides is 1. The first-order valence-corrected chi connectivity index (χ1v) is 8.05. The van der Waals surface area contributed by atoms with E-state index in [9.17, 15) is 4.79 Å². The minimum Gasteiger partial charge on any atom is -0.497 e. The largest absolute Gasteiger partial charge is 0.497 e. The van der Waals surface area contributed by atoms with E-state index in [0.29, 0.717) is 18.7 Å². The van der Waals surface area contributed by atoms with Crippen LogP contribution < -0.4 is 4.74 Å². The number of hydrogen-bond acceptors (Lipinski definition) is 5. The molecule has 1 amide bonds. The second-order valence-electron chi connectivity index (χ2n) is 6.04. The van der Waals surface area contributed by atoms with Crippen molar-refractivity contribution in [3.05, 3.63) is 47.9 Å². The molecule has 24 heavy (non-hydrogen) atoms. The van der Waals surface area contributed by atoms with E-state index in [2.05, 4.69) is 17.3 Å². The second kappa shape index (κ2) is 7.49. The third kappa shape index (κ3) is 3.59. The summed E-state index contributed by atoms with van der Waals surface area (Å²) in [7, 11) is 3.40. The molecule has 0 saturated carbocycles. The van der Waals surface area contributed by atoms with Crippen LogP contribution in [0, 0.1) is 5.92 Å². The number of hydrogen-bond donors (Lipinski definition) is 0. The Bertz CT molecular complexity index is 654. The van der Waals surface area contributed by atoms with E-state index in [-0.39, 0.29) is 17.9 Å². The molecule has 1 aliphatic rings. The Morgan fingerprint density at radius 2 is 2.12 bits per heavy atom. The summed E-state index contributed by atoms with van der Waals surface area (Å²) in [5.74, 6) is 1.06. The summed E-state index contributed by atoms with van der Waals surface area (Å²) in [6.45, 7) is 1.34. The molecule has 0 bridgehead atoms. The smallest absolute Gasteiger partial charge is 0.258 e. The Morgan fingerprint density at radius 1 is 1.33 bits per heavy atom. The van der Waals surface area contributed by atoms with Gasteiger partial charge in [0.05, 0.1) is 25.0 Å². The Kier molecular flexibility index (Phi) is 5.15. The van der Waals surface area contributed by atoms with Crippen molar-refractivity contribution in [1.82, 2.24) is 10.1 Å². The zero-order valence-electron chi connectivity index (χ0n) is 14.0. The molecular formula is C18H22N2O4. The number of nitrogens with zero attached hydrogens (tertiary/aromatic N) is 2. The van der Waals surface area contributed by atoms with Gasteiger partial charge in [-0.05, 0) is 30.5 Å². The molecule has 6 heteroatoms. The highest BCUT2D eigenvalue weighted by molar-refractivity contribution is 5.93. The number of carbonyl (C=O) groups is 1. The maximum absolute atomic E-state index is 12.5. The highest BCUT2D eigenvalue weighted by atomic mass is 16.5. The molecule has 2 heterocycles.